The Morgan fingerprint density at radius 2 is 1.67 bits per heavy atom. The van der Waals surface area contributed by atoms with Crippen LogP contribution in [0.1, 0.15) is 57.7 Å². The van der Waals surface area contributed by atoms with Crippen molar-refractivity contribution in [3.8, 4) is 5.75 Å². The first-order chi connectivity index (χ1) is 18.5. The van der Waals surface area contributed by atoms with E-state index in [0.29, 0.717) is 17.2 Å². The van der Waals surface area contributed by atoms with Crippen LogP contribution in [0.25, 0.3) is 0 Å². The molecule has 0 fully saturated rings. The molecule has 2 amide bonds. The molecule has 0 aliphatic carbocycles. The summed E-state index contributed by atoms with van der Waals surface area (Å²) < 4.78 is 6.78. The number of nitrogens with one attached hydrogen (secondary N) is 1. The zero-order valence-corrected chi connectivity index (χ0v) is 25.7. The fraction of sp³-hybridized carbons (Fsp3) is 0.375. The molecule has 0 bridgehead atoms. The van der Waals surface area contributed by atoms with Crippen LogP contribution in [0.3, 0.4) is 0 Å². The molecular formula is C32H38BrClN2O3. The van der Waals surface area contributed by atoms with Crippen molar-refractivity contribution in [2.75, 3.05) is 6.61 Å². The number of hydrogen-bond donors (Lipinski definition) is 1. The summed E-state index contributed by atoms with van der Waals surface area (Å²) in [6.45, 7) is 10.5. The monoisotopic (exact) mass is 612 g/mol. The molecule has 2 atom stereocenters. The summed E-state index contributed by atoms with van der Waals surface area (Å²) in [5.74, 6) is 0.106. The molecule has 0 aliphatic rings. The third kappa shape index (κ3) is 9.11. The maximum Gasteiger partial charge on any atom is 0.261 e. The van der Waals surface area contributed by atoms with E-state index < -0.39 is 6.04 Å². The topological polar surface area (TPSA) is 58.6 Å². The highest BCUT2D eigenvalue weighted by molar-refractivity contribution is 9.10. The molecule has 5 nitrogen and oxygen atoms in total. The fourth-order valence-electron chi connectivity index (χ4n) is 4.09. The van der Waals surface area contributed by atoms with Crippen molar-refractivity contribution in [2.45, 2.75) is 71.5 Å². The van der Waals surface area contributed by atoms with Gasteiger partial charge in [0.05, 0.1) is 4.47 Å². The molecule has 0 spiro atoms. The van der Waals surface area contributed by atoms with Crippen LogP contribution in [-0.2, 0) is 28.0 Å². The van der Waals surface area contributed by atoms with Gasteiger partial charge in [0.25, 0.3) is 5.91 Å². The van der Waals surface area contributed by atoms with E-state index in [0.717, 1.165) is 27.6 Å². The molecule has 0 saturated carbocycles. The number of rotatable bonds is 11. The summed E-state index contributed by atoms with van der Waals surface area (Å²) in [4.78, 5) is 29.0. The SMILES string of the molecule is CC[C@@H](C)NC(=O)[C@@H](Cc1ccccc1)N(Cc1ccc(Cl)cc1)C(=O)COc1ccc(C(C)(C)C)cc1Br. The predicted molar refractivity (Wildman–Crippen MR) is 162 cm³/mol. The normalized spacial score (nSPS) is 12.9. The van der Waals surface area contributed by atoms with E-state index in [4.69, 9.17) is 16.3 Å². The first kappa shape index (κ1) is 30.7. The molecule has 39 heavy (non-hydrogen) atoms. The fourth-order valence-corrected chi connectivity index (χ4v) is 4.71. The van der Waals surface area contributed by atoms with Gasteiger partial charge >= 0.3 is 0 Å². The van der Waals surface area contributed by atoms with E-state index in [-0.39, 0.29) is 36.4 Å². The predicted octanol–water partition coefficient (Wildman–Crippen LogP) is 7.33. The zero-order chi connectivity index (χ0) is 28.6. The molecule has 3 aromatic rings. The van der Waals surface area contributed by atoms with Crippen LogP contribution >= 0.6 is 27.5 Å². The minimum atomic E-state index is -0.722. The summed E-state index contributed by atoms with van der Waals surface area (Å²) in [5, 5.41) is 3.69. The molecule has 7 heteroatoms. The second kappa shape index (κ2) is 14.0. The first-order valence-electron chi connectivity index (χ1n) is 13.3. The molecule has 0 saturated heterocycles. The van der Waals surface area contributed by atoms with Crippen LogP contribution in [0, 0.1) is 0 Å². The van der Waals surface area contributed by atoms with E-state index >= 15 is 0 Å². The number of ether oxygens (including phenoxy) is 1. The average molecular weight is 614 g/mol. The highest BCUT2D eigenvalue weighted by Crippen LogP contribution is 2.31. The third-order valence-electron chi connectivity index (χ3n) is 6.69. The second-order valence-electron chi connectivity index (χ2n) is 10.9. The van der Waals surface area contributed by atoms with Gasteiger partial charge in [-0.25, -0.2) is 0 Å². The Hall–Kier alpha value is -2.83. The van der Waals surface area contributed by atoms with Crippen molar-refractivity contribution >= 4 is 39.3 Å². The number of benzene rings is 3. The smallest absolute Gasteiger partial charge is 0.261 e. The molecule has 0 heterocycles. The highest BCUT2D eigenvalue weighted by Gasteiger charge is 2.31. The lowest BCUT2D eigenvalue weighted by molar-refractivity contribution is -0.143. The van der Waals surface area contributed by atoms with Gasteiger partial charge in [-0.2, -0.15) is 0 Å². The average Bonchev–Trinajstić information content (AvgIpc) is 2.90. The van der Waals surface area contributed by atoms with Gasteiger partial charge in [0.2, 0.25) is 5.91 Å². The van der Waals surface area contributed by atoms with E-state index in [1.165, 1.54) is 0 Å². The van der Waals surface area contributed by atoms with E-state index in [1.807, 2.05) is 74.5 Å². The number of carbonyl (C=O) groups excluding carboxylic acids is 2. The highest BCUT2D eigenvalue weighted by atomic mass is 79.9. The van der Waals surface area contributed by atoms with Gasteiger partial charge < -0.3 is 15.0 Å². The Kier molecular flexibility index (Phi) is 11.0. The second-order valence-corrected chi connectivity index (χ2v) is 12.1. The lowest BCUT2D eigenvalue weighted by Gasteiger charge is -2.32. The molecule has 0 aliphatic heterocycles. The van der Waals surface area contributed by atoms with Crippen LogP contribution in [0.15, 0.2) is 77.3 Å². The maximum atomic E-state index is 13.8. The Morgan fingerprint density at radius 3 is 2.26 bits per heavy atom. The molecule has 1 N–H and O–H groups in total. The van der Waals surface area contributed by atoms with E-state index in [1.54, 1.807) is 17.0 Å². The Morgan fingerprint density at radius 1 is 1.00 bits per heavy atom. The van der Waals surface area contributed by atoms with Gasteiger partial charge in [-0.1, -0.05) is 87.8 Å². The molecular weight excluding hydrogens is 576 g/mol. The van der Waals surface area contributed by atoms with E-state index in [2.05, 4.69) is 42.0 Å². The quantitative estimate of drug-likeness (QED) is 0.246. The Labute approximate surface area is 246 Å². The summed E-state index contributed by atoms with van der Waals surface area (Å²) in [7, 11) is 0. The van der Waals surface area contributed by atoms with E-state index in [9.17, 15) is 9.59 Å². The first-order valence-corrected chi connectivity index (χ1v) is 14.5. The number of halogens is 2. The van der Waals surface area contributed by atoms with Gasteiger partial charge in [-0.3, -0.25) is 9.59 Å². The Balaban J connectivity index is 1.91. The van der Waals surface area contributed by atoms with Crippen LogP contribution in [0.4, 0.5) is 0 Å². The van der Waals surface area contributed by atoms with Crippen LogP contribution in [-0.4, -0.2) is 35.4 Å². The standard InChI is InChI=1S/C32H38BrClN2O3/c1-6-22(2)35-31(38)28(18-23-10-8-7-9-11-23)36(20-24-12-15-26(34)16-13-24)30(37)21-39-29-17-14-25(19-27(29)33)32(3,4)5/h7-17,19,22,28H,6,18,20-21H2,1-5H3,(H,35,38)/t22-,28-/m1/s1. The van der Waals surface area contributed by atoms with Crippen molar-refractivity contribution in [2.24, 2.45) is 0 Å². The maximum absolute atomic E-state index is 13.8. The summed E-state index contributed by atoms with van der Waals surface area (Å²) in [6, 6.07) is 22.2. The van der Waals surface area contributed by atoms with Crippen LogP contribution < -0.4 is 10.1 Å². The summed E-state index contributed by atoms with van der Waals surface area (Å²) in [6.07, 6.45) is 1.17. The molecule has 3 rings (SSSR count). The van der Waals surface area contributed by atoms with Crippen molar-refractivity contribution in [3.63, 3.8) is 0 Å². The van der Waals surface area contributed by atoms with Crippen LogP contribution in [0.5, 0.6) is 5.75 Å². The van der Waals surface area contributed by atoms with Crippen LogP contribution in [0.2, 0.25) is 5.02 Å². The third-order valence-corrected chi connectivity index (χ3v) is 7.56. The number of nitrogens with zero attached hydrogens (tertiary/aromatic N) is 1. The molecule has 208 valence electrons. The number of amides is 2. The molecule has 0 unspecified atom stereocenters. The molecule has 0 radical (unpaired) electrons. The lowest BCUT2D eigenvalue weighted by Crippen LogP contribution is -2.53. The van der Waals surface area contributed by atoms with Gasteiger partial charge in [0, 0.05) is 24.0 Å². The molecule has 0 aromatic heterocycles. The largest absolute Gasteiger partial charge is 0.483 e. The van der Waals surface area contributed by atoms with Gasteiger partial charge in [0.15, 0.2) is 6.61 Å². The zero-order valence-electron chi connectivity index (χ0n) is 23.3. The van der Waals surface area contributed by atoms with Crippen molar-refractivity contribution < 1.29 is 14.3 Å². The Bertz CT molecular complexity index is 1240. The van der Waals surface area contributed by atoms with Crippen molar-refractivity contribution in [1.29, 1.82) is 0 Å². The summed E-state index contributed by atoms with van der Waals surface area (Å²) in [5.41, 5.74) is 2.98. The lowest BCUT2D eigenvalue weighted by atomic mass is 9.87. The number of hydrogen-bond acceptors (Lipinski definition) is 3. The molecule has 3 aromatic carbocycles. The van der Waals surface area contributed by atoms with Gasteiger partial charge in [0.1, 0.15) is 11.8 Å². The summed E-state index contributed by atoms with van der Waals surface area (Å²) >= 11 is 9.70. The van der Waals surface area contributed by atoms with Gasteiger partial charge in [-0.15, -0.1) is 0 Å². The van der Waals surface area contributed by atoms with Gasteiger partial charge in [-0.05, 0) is 75.6 Å². The number of carbonyl (C=O) groups is 2. The van der Waals surface area contributed by atoms with Crippen molar-refractivity contribution in [1.82, 2.24) is 10.2 Å². The minimum absolute atomic E-state index is 0.0140. The van der Waals surface area contributed by atoms with Crippen molar-refractivity contribution in [3.05, 3.63) is 99.0 Å². The minimum Gasteiger partial charge on any atom is -0.483 e.